The van der Waals surface area contributed by atoms with Crippen molar-refractivity contribution in [1.82, 2.24) is 14.6 Å². The molecular formula is C21H27F2N5O5S. The lowest BCUT2D eigenvalue weighted by Crippen LogP contribution is -2.32. The molecule has 1 atom stereocenters. The van der Waals surface area contributed by atoms with E-state index < -0.39 is 35.7 Å². The Bertz CT molecular complexity index is 1020. The number of aromatic nitrogens is 1. The van der Waals surface area contributed by atoms with Crippen LogP contribution in [0.4, 0.5) is 18.6 Å². The number of rotatable bonds is 11. The van der Waals surface area contributed by atoms with Gasteiger partial charge in [0.2, 0.25) is 5.88 Å². The summed E-state index contributed by atoms with van der Waals surface area (Å²) in [7, 11) is 1.24. The summed E-state index contributed by atoms with van der Waals surface area (Å²) in [4.78, 5) is 26.1. The zero-order chi connectivity index (χ0) is 24.7. The Labute approximate surface area is 199 Å². The summed E-state index contributed by atoms with van der Waals surface area (Å²) in [6.45, 7) is 1.44. The van der Waals surface area contributed by atoms with Crippen molar-refractivity contribution in [3.8, 4) is 11.6 Å². The number of benzene rings is 1. The summed E-state index contributed by atoms with van der Waals surface area (Å²) in [6, 6.07) is 1.60. The minimum atomic E-state index is -0.935. The van der Waals surface area contributed by atoms with Crippen LogP contribution in [0.2, 0.25) is 0 Å². The Morgan fingerprint density at radius 3 is 2.82 bits per heavy atom. The minimum Gasteiger partial charge on any atom is -0.494 e. The van der Waals surface area contributed by atoms with Crippen LogP contribution in [0.3, 0.4) is 0 Å². The van der Waals surface area contributed by atoms with E-state index in [4.69, 9.17) is 15.2 Å². The number of halogens is 2. The van der Waals surface area contributed by atoms with Gasteiger partial charge < -0.3 is 25.6 Å². The van der Waals surface area contributed by atoms with E-state index in [9.17, 15) is 23.5 Å². The van der Waals surface area contributed by atoms with Crippen molar-refractivity contribution in [2.24, 2.45) is 5.73 Å². The van der Waals surface area contributed by atoms with Crippen molar-refractivity contribution in [2.45, 2.75) is 38.5 Å². The number of hydrogen-bond acceptors (Lipinski definition) is 8. The molecule has 1 aliphatic rings. The average Bonchev–Trinajstić information content (AvgIpc) is 3.39. The third-order valence-corrected chi connectivity index (χ3v) is 6.09. The number of nitrogens with zero attached hydrogens (tertiary/aromatic N) is 2. The van der Waals surface area contributed by atoms with Crippen LogP contribution in [0.25, 0.3) is 0 Å². The van der Waals surface area contributed by atoms with Gasteiger partial charge in [-0.15, -0.1) is 0 Å². The number of carbonyl (C=O) groups is 2. The Balaban J connectivity index is 1.53. The lowest BCUT2D eigenvalue weighted by molar-refractivity contribution is 0.0373. The van der Waals surface area contributed by atoms with E-state index in [1.807, 2.05) is 4.90 Å². The van der Waals surface area contributed by atoms with Crippen molar-refractivity contribution < 1.29 is 33.0 Å². The van der Waals surface area contributed by atoms with Crippen LogP contribution >= 0.6 is 11.5 Å². The van der Waals surface area contributed by atoms with Gasteiger partial charge in [-0.05, 0) is 49.3 Å². The number of ether oxygens (including phenoxy) is 2. The molecule has 0 aliphatic carbocycles. The van der Waals surface area contributed by atoms with Gasteiger partial charge in [0.25, 0.3) is 5.91 Å². The summed E-state index contributed by atoms with van der Waals surface area (Å²) in [5.41, 5.74) is 4.80. The van der Waals surface area contributed by atoms with E-state index in [0.717, 1.165) is 56.0 Å². The molecule has 1 aromatic carbocycles. The molecule has 186 valence electrons. The first-order valence-corrected chi connectivity index (χ1v) is 11.5. The SMILES string of the molecule is COc1ccc(F)c(COc2nsc(NC(=O)NCCCCN3CCCC3O)c2C(N)=O)c1F. The van der Waals surface area contributed by atoms with Crippen LogP contribution < -0.4 is 25.8 Å². The second-order valence-electron chi connectivity index (χ2n) is 7.63. The highest BCUT2D eigenvalue weighted by Gasteiger charge is 2.24. The lowest BCUT2D eigenvalue weighted by atomic mass is 10.2. The molecule has 2 heterocycles. The zero-order valence-corrected chi connectivity index (χ0v) is 19.4. The smallest absolute Gasteiger partial charge is 0.319 e. The number of likely N-dealkylation sites (tertiary alicyclic amines) is 1. The number of carbonyl (C=O) groups excluding carboxylic acids is 2. The number of nitrogens with one attached hydrogen (secondary N) is 2. The van der Waals surface area contributed by atoms with E-state index in [0.29, 0.717) is 13.0 Å². The van der Waals surface area contributed by atoms with Gasteiger partial charge in [-0.1, -0.05) is 0 Å². The zero-order valence-electron chi connectivity index (χ0n) is 18.6. The molecule has 5 N–H and O–H groups in total. The number of amides is 3. The largest absolute Gasteiger partial charge is 0.494 e. The van der Waals surface area contributed by atoms with Crippen molar-refractivity contribution in [3.05, 3.63) is 34.9 Å². The molecule has 1 aromatic heterocycles. The standard InChI is InChI=1S/C21H27F2N5O5S/c1-32-14-7-6-13(22)12(17(14)23)11-33-19-16(18(24)30)20(34-27-19)26-21(31)25-8-2-3-9-28-10-4-5-15(28)29/h6-7,15,29H,2-5,8-11H2,1H3,(H2,24,30)(H2,25,26,31). The molecule has 13 heteroatoms. The number of anilines is 1. The normalized spacial score (nSPS) is 15.8. The Morgan fingerprint density at radius 2 is 2.15 bits per heavy atom. The Hall–Kier alpha value is -3.03. The number of urea groups is 1. The second-order valence-corrected chi connectivity index (χ2v) is 8.41. The van der Waals surface area contributed by atoms with Gasteiger partial charge in [0.1, 0.15) is 29.2 Å². The Morgan fingerprint density at radius 1 is 1.35 bits per heavy atom. The molecule has 2 aromatic rings. The summed E-state index contributed by atoms with van der Waals surface area (Å²) in [5, 5.41) is 15.0. The number of primary amides is 1. The fraction of sp³-hybridized carbons (Fsp3) is 0.476. The fourth-order valence-corrected chi connectivity index (χ4v) is 4.28. The summed E-state index contributed by atoms with van der Waals surface area (Å²) in [5.74, 6) is -3.13. The number of methoxy groups -OCH3 is 1. The third-order valence-electron chi connectivity index (χ3n) is 5.34. The van der Waals surface area contributed by atoms with Crippen molar-refractivity contribution in [3.63, 3.8) is 0 Å². The number of aliphatic hydroxyl groups excluding tert-OH is 1. The van der Waals surface area contributed by atoms with Crippen LogP contribution in [-0.4, -0.2) is 59.3 Å². The van der Waals surface area contributed by atoms with Crippen LogP contribution in [0.1, 0.15) is 41.6 Å². The van der Waals surface area contributed by atoms with Crippen LogP contribution in [0, 0.1) is 11.6 Å². The average molecular weight is 500 g/mol. The summed E-state index contributed by atoms with van der Waals surface area (Å²) < 4.78 is 42.5. The van der Waals surface area contributed by atoms with Gasteiger partial charge in [-0.2, -0.15) is 4.37 Å². The van der Waals surface area contributed by atoms with E-state index >= 15 is 0 Å². The van der Waals surface area contributed by atoms with Crippen molar-refractivity contribution in [1.29, 1.82) is 0 Å². The van der Waals surface area contributed by atoms with Crippen LogP contribution in [0.15, 0.2) is 12.1 Å². The first-order valence-electron chi connectivity index (χ1n) is 10.7. The fourth-order valence-electron chi connectivity index (χ4n) is 3.54. The molecular weight excluding hydrogens is 472 g/mol. The maximum atomic E-state index is 14.3. The molecule has 0 bridgehead atoms. The van der Waals surface area contributed by atoms with Crippen molar-refractivity contribution in [2.75, 3.05) is 32.1 Å². The quantitative estimate of drug-likeness (QED) is 0.348. The third kappa shape index (κ3) is 6.30. The first-order chi connectivity index (χ1) is 16.3. The number of unbranched alkanes of at least 4 members (excludes halogenated alkanes) is 1. The van der Waals surface area contributed by atoms with Crippen LogP contribution in [0.5, 0.6) is 11.6 Å². The second kappa shape index (κ2) is 11.9. The van der Waals surface area contributed by atoms with Gasteiger partial charge >= 0.3 is 6.03 Å². The molecule has 3 amide bonds. The van der Waals surface area contributed by atoms with Gasteiger partial charge in [0.15, 0.2) is 11.6 Å². The highest BCUT2D eigenvalue weighted by molar-refractivity contribution is 7.11. The summed E-state index contributed by atoms with van der Waals surface area (Å²) >= 11 is 0.750. The number of hydrogen-bond donors (Lipinski definition) is 4. The molecule has 3 rings (SSSR count). The van der Waals surface area contributed by atoms with E-state index in [-0.39, 0.29) is 28.4 Å². The predicted octanol–water partition coefficient (Wildman–Crippen LogP) is 2.42. The predicted molar refractivity (Wildman–Crippen MR) is 121 cm³/mol. The molecule has 0 spiro atoms. The maximum absolute atomic E-state index is 14.3. The van der Waals surface area contributed by atoms with E-state index in [1.54, 1.807) is 0 Å². The molecule has 1 saturated heterocycles. The first kappa shape index (κ1) is 25.6. The number of nitrogens with two attached hydrogens (primary N) is 1. The van der Waals surface area contributed by atoms with Crippen molar-refractivity contribution >= 4 is 28.5 Å². The molecule has 10 nitrogen and oxygen atoms in total. The van der Waals surface area contributed by atoms with Crippen LogP contribution in [-0.2, 0) is 6.61 Å². The van der Waals surface area contributed by atoms with Gasteiger partial charge in [-0.25, -0.2) is 13.6 Å². The van der Waals surface area contributed by atoms with Gasteiger partial charge in [0.05, 0.1) is 12.7 Å². The molecule has 0 saturated carbocycles. The molecule has 1 fully saturated rings. The maximum Gasteiger partial charge on any atom is 0.319 e. The highest BCUT2D eigenvalue weighted by Crippen LogP contribution is 2.32. The van der Waals surface area contributed by atoms with E-state index in [1.165, 1.54) is 7.11 Å². The lowest BCUT2D eigenvalue weighted by Gasteiger charge is -2.19. The molecule has 1 aliphatic heterocycles. The van der Waals surface area contributed by atoms with Gasteiger partial charge in [-0.3, -0.25) is 15.0 Å². The highest BCUT2D eigenvalue weighted by atomic mass is 32.1. The summed E-state index contributed by atoms with van der Waals surface area (Å²) in [6.07, 6.45) is 2.89. The molecule has 34 heavy (non-hydrogen) atoms. The number of aliphatic hydroxyl groups is 1. The topological polar surface area (TPSA) is 139 Å². The monoisotopic (exact) mass is 499 g/mol. The van der Waals surface area contributed by atoms with E-state index in [2.05, 4.69) is 15.0 Å². The molecule has 0 radical (unpaired) electrons. The Kier molecular flexibility index (Phi) is 8.96. The minimum absolute atomic E-state index is 0.0479. The molecule has 1 unspecified atom stereocenters. The van der Waals surface area contributed by atoms with Gasteiger partial charge in [0, 0.05) is 19.6 Å².